The van der Waals surface area contributed by atoms with Gasteiger partial charge in [0.25, 0.3) is 0 Å². The lowest BCUT2D eigenvalue weighted by Gasteiger charge is -2.38. The van der Waals surface area contributed by atoms with E-state index < -0.39 is 0 Å². The van der Waals surface area contributed by atoms with E-state index in [1.165, 1.54) is 24.8 Å². The van der Waals surface area contributed by atoms with Crippen LogP contribution in [-0.4, -0.2) is 0 Å². The predicted octanol–water partition coefficient (Wildman–Crippen LogP) is 3.87. The van der Waals surface area contributed by atoms with Crippen molar-refractivity contribution in [1.82, 2.24) is 0 Å². The van der Waals surface area contributed by atoms with Crippen molar-refractivity contribution < 1.29 is 0 Å². The summed E-state index contributed by atoms with van der Waals surface area (Å²) in [4.78, 5) is 0. The Morgan fingerprint density at radius 1 is 1.38 bits per heavy atom. The molecular weight excluding hydrogens is 156 g/mol. The lowest BCUT2D eigenvalue weighted by molar-refractivity contribution is 0.241. The molecule has 0 N–H and O–H groups in total. The van der Waals surface area contributed by atoms with Gasteiger partial charge >= 0.3 is 0 Å². The number of allylic oxidation sites excluding steroid dienone is 6. The summed E-state index contributed by atoms with van der Waals surface area (Å²) in [5.41, 5.74) is 1.96. The quantitative estimate of drug-likeness (QED) is 0.523. The fourth-order valence-electron chi connectivity index (χ4n) is 2.42. The molecule has 0 heteroatoms. The first-order chi connectivity index (χ1) is 6.23. The summed E-state index contributed by atoms with van der Waals surface area (Å²) in [7, 11) is 0. The van der Waals surface area contributed by atoms with Gasteiger partial charge < -0.3 is 0 Å². The van der Waals surface area contributed by atoms with Crippen LogP contribution < -0.4 is 0 Å². The van der Waals surface area contributed by atoms with E-state index in [2.05, 4.69) is 44.2 Å². The van der Waals surface area contributed by atoms with Crippen molar-refractivity contribution >= 4 is 0 Å². The Bertz CT molecular complexity index is 280. The second-order valence-electron chi connectivity index (χ2n) is 4.55. The summed E-state index contributed by atoms with van der Waals surface area (Å²) >= 11 is 0. The molecule has 2 atom stereocenters. The lowest BCUT2D eigenvalue weighted by atomic mass is 9.66. The van der Waals surface area contributed by atoms with E-state index in [-0.39, 0.29) is 0 Å². The highest BCUT2D eigenvalue weighted by atomic mass is 14.4. The fraction of sp³-hybridized carbons (Fsp3) is 0.538. The van der Waals surface area contributed by atoms with Gasteiger partial charge in [-0.1, -0.05) is 44.2 Å². The Morgan fingerprint density at radius 3 is 3.08 bits per heavy atom. The highest BCUT2D eigenvalue weighted by Crippen LogP contribution is 2.45. The summed E-state index contributed by atoms with van der Waals surface area (Å²) in [6, 6.07) is 0. The summed E-state index contributed by atoms with van der Waals surface area (Å²) in [5.74, 6) is 0.780. The molecule has 0 saturated carbocycles. The van der Waals surface area contributed by atoms with Crippen LogP contribution in [0.4, 0.5) is 0 Å². The van der Waals surface area contributed by atoms with E-state index in [1.54, 1.807) is 0 Å². The van der Waals surface area contributed by atoms with Crippen LogP contribution in [0.25, 0.3) is 0 Å². The van der Waals surface area contributed by atoms with Crippen molar-refractivity contribution in [3.63, 3.8) is 0 Å². The Kier molecular flexibility index (Phi) is 2.15. The third-order valence-electron chi connectivity index (χ3n) is 3.78. The fourth-order valence-corrected chi connectivity index (χ4v) is 2.42. The van der Waals surface area contributed by atoms with Crippen molar-refractivity contribution in [3.05, 3.63) is 36.0 Å². The summed E-state index contributed by atoms with van der Waals surface area (Å²) < 4.78 is 0. The smallest absolute Gasteiger partial charge is 0.00439 e. The molecule has 0 aromatic rings. The zero-order valence-corrected chi connectivity index (χ0v) is 8.59. The van der Waals surface area contributed by atoms with Crippen LogP contribution >= 0.6 is 0 Å². The van der Waals surface area contributed by atoms with E-state index in [9.17, 15) is 0 Å². The zero-order valence-electron chi connectivity index (χ0n) is 8.59. The second kappa shape index (κ2) is 3.17. The Morgan fingerprint density at radius 2 is 2.23 bits per heavy atom. The number of hydrogen-bond donors (Lipinski definition) is 0. The van der Waals surface area contributed by atoms with Gasteiger partial charge in [0.05, 0.1) is 0 Å². The van der Waals surface area contributed by atoms with Crippen LogP contribution in [0.3, 0.4) is 0 Å². The number of fused-ring (bicyclic) bond motifs is 1. The standard InChI is InChI=1S/C13H18/c1-11-7-3-4-8-12-9-5-6-10-13(11,12)2/h3-5,8-9,11H,6-7,10H2,1-2H3. The van der Waals surface area contributed by atoms with Crippen LogP contribution in [0.2, 0.25) is 0 Å². The van der Waals surface area contributed by atoms with Crippen molar-refractivity contribution in [1.29, 1.82) is 0 Å². The zero-order chi connectivity index (χ0) is 9.31. The van der Waals surface area contributed by atoms with E-state index in [0.717, 1.165) is 5.92 Å². The number of rotatable bonds is 0. The van der Waals surface area contributed by atoms with E-state index in [4.69, 9.17) is 0 Å². The maximum absolute atomic E-state index is 2.42. The van der Waals surface area contributed by atoms with Crippen molar-refractivity contribution in [2.24, 2.45) is 11.3 Å². The average molecular weight is 174 g/mol. The highest BCUT2D eigenvalue weighted by Gasteiger charge is 2.34. The van der Waals surface area contributed by atoms with E-state index >= 15 is 0 Å². The third-order valence-corrected chi connectivity index (χ3v) is 3.78. The molecule has 2 aliphatic rings. The van der Waals surface area contributed by atoms with Crippen molar-refractivity contribution in [2.45, 2.75) is 33.1 Å². The van der Waals surface area contributed by atoms with Crippen molar-refractivity contribution in [2.75, 3.05) is 0 Å². The SMILES string of the molecule is CC1CC=CC=C2C=CCCC21C. The van der Waals surface area contributed by atoms with Crippen molar-refractivity contribution in [3.8, 4) is 0 Å². The molecule has 2 rings (SSSR count). The van der Waals surface area contributed by atoms with Crippen LogP contribution in [-0.2, 0) is 0 Å². The molecule has 0 radical (unpaired) electrons. The van der Waals surface area contributed by atoms with Gasteiger partial charge in [0.15, 0.2) is 0 Å². The summed E-state index contributed by atoms with van der Waals surface area (Å²) in [6.45, 7) is 4.79. The maximum Gasteiger partial charge on any atom is -0.00439 e. The lowest BCUT2D eigenvalue weighted by Crippen LogP contribution is -2.28. The van der Waals surface area contributed by atoms with Gasteiger partial charge in [-0.2, -0.15) is 0 Å². The van der Waals surface area contributed by atoms with Gasteiger partial charge in [-0.15, -0.1) is 0 Å². The largest absolute Gasteiger partial charge is 0.0842 e. The molecule has 0 aromatic heterocycles. The van der Waals surface area contributed by atoms with Crippen LogP contribution in [0, 0.1) is 11.3 Å². The topological polar surface area (TPSA) is 0 Å². The molecule has 0 spiro atoms. The van der Waals surface area contributed by atoms with Gasteiger partial charge in [-0.25, -0.2) is 0 Å². The molecule has 0 nitrogen and oxygen atoms in total. The minimum Gasteiger partial charge on any atom is -0.0842 e. The van der Waals surface area contributed by atoms with Gasteiger partial charge in [0, 0.05) is 0 Å². The van der Waals surface area contributed by atoms with Crippen LogP contribution in [0.15, 0.2) is 36.0 Å². The maximum atomic E-state index is 2.42. The Hall–Kier alpha value is -0.780. The van der Waals surface area contributed by atoms with Crippen LogP contribution in [0.5, 0.6) is 0 Å². The number of hydrogen-bond acceptors (Lipinski definition) is 0. The molecule has 13 heavy (non-hydrogen) atoms. The van der Waals surface area contributed by atoms with Crippen LogP contribution in [0.1, 0.15) is 33.1 Å². The summed E-state index contributed by atoms with van der Waals surface area (Å²) in [6.07, 6.45) is 15.2. The molecular formula is C13H18. The first-order valence-corrected chi connectivity index (χ1v) is 5.27. The Balaban J connectivity index is 2.40. The van der Waals surface area contributed by atoms with Gasteiger partial charge in [0.1, 0.15) is 0 Å². The average Bonchev–Trinajstić information content (AvgIpc) is 2.27. The summed E-state index contributed by atoms with van der Waals surface area (Å²) in [5, 5.41) is 0. The molecule has 2 unspecified atom stereocenters. The molecule has 70 valence electrons. The Labute approximate surface area is 81.0 Å². The molecule has 0 bridgehead atoms. The first kappa shape index (κ1) is 8.80. The predicted molar refractivity (Wildman–Crippen MR) is 57.5 cm³/mol. The highest BCUT2D eigenvalue weighted by molar-refractivity contribution is 5.34. The molecule has 0 heterocycles. The third kappa shape index (κ3) is 1.39. The monoisotopic (exact) mass is 174 g/mol. The van der Waals surface area contributed by atoms with Gasteiger partial charge in [-0.05, 0) is 36.2 Å². The minimum atomic E-state index is 0.429. The molecule has 0 aliphatic heterocycles. The molecule has 0 aromatic carbocycles. The van der Waals surface area contributed by atoms with E-state index in [0.29, 0.717) is 5.41 Å². The first-order valence-electron chi connectivity index (χ1n) is 5.27. The molecule has 0 amide bonds. The second-order valence-corrected chi connectivity index (χ2v) is 4.55. The molecule has 0 saturated heterocycles. The molecule has 2 aliphatic carbocycles. The minimum absolute atomic E-state index is 0.429. The van der Waals surface area contributed by atoms with Gasteiger partial charge in [0.2, 0.25) is 0 Å². The van der Waals surface area contributed by atoms with Gasteiger partial charge in [-0.3, -0.25) is 0 Å². The van der Waals surface area contributed by atoms with E-state index in [1.807, 2.05) is 0 Å². The molecule has 0 fully saturated rings. The normalized spacial score (nSPS) is 38.0.